The van der Waals surface area contributed by atoms with Crippen LogP contribution in [0.15, 0.2) is 0 Å². The second kappa shape index (κ2) is 5.50. The number of hydrogen-bond acceptors (Lipinski definition) is 3. The Kier molecular flexibility index (Phi) is 5.47. The van der Waals surface area contributed by atoms with E-state index in [9.17, 15) is 21.6 Å². The van der Waals surface area contributed by atoms with Crippen LogP contribution in [0.5, 0.6) is 0 Å². The molecule has 0 N–H and O–H groups in total. The second-order valence-electron chi connectivity index (χ2n) is 3.55. The average Bonchev–Trinajstić information content (AvgIpc) is 2.25. The summed E-state index contributed by atoms with van der Waals surface area (Å²) >= 11 is 0. The summed E-state index contributed by atoms with van der Waals surface area (Å²) in [6, 6.07) is 1.21. The zero-order valence-electron chi connectivity index (χ0n) is 9.60. The van der Waals surface area contributed by atoms with Crippen molar-refractivity contribution in [2.75, 3.05) is 6.67 Å². The Labute approximate surface area is 95.2 Å². The van der Waals surface area contributed by atoms with Crippen molar-refractivity contribution in [1.29, 1.82) is 0 Å². The number of hydrogen-bond donors (Lipinski definition) is 0. The van der Waals surface area contributed by atoms with Crippen molar-refractivity contribution in [2.24, 2.45) is 0 Å². The molecule has 98 valence electrons. The van der Waals surface area contributed by atoms with Crippen LogP contribution in [0.2, 0.25) is 18.1 Å². The number of halogens is 3. The van der Waals surface area contributed by atoms with Gasteiger partial charge in [-0.25, -0.2) is 4.39 Å². The summed E-state index contributed by atoms with van der Waals surface area (Å²) in [5, 5.41) is -4.44. The smallest absolute Gasteiger partial charge is 0.310 e. The van der Waals surface area contributed by atoms with Gasteiger partial charge in [0.2, 0.25) is 8.32 Å². The summed E-state index contributed by atoms with van der Waals surface area (Å²) < 4.78 is 64.6. The van der Waals surface area contributed by atoms with Gasteiger partial charge in [-0.05, 0) is 18.1 Å². The van der Waals surface area contributed by atoms with E-state index in [4.69, 9.17) is 0 Å². The van der Waals surface area contributed by atoms with Crippen molar-refractivity contribution in [2.45, 2.75) is 44.2 Å². The highest BCUT2D eigenvalue weighted by Gasteiger charge is 2.50. The van der Waals surface area contributed by atoms with E-state index < -0.39 is 30.4 Å². The summed E-state index contributed by atoms with van der Waals surface area (Å²) in [5.41, 5.74) is 0. The zero-order chi connectivity index (χ0) is 13.0. The van der Waals surface area contributed by atoms with E-state index in [1.807, 2.05) is 0 Å². The highest BCUT2D eigenvalue weighted by atomic mass is 32.2. The molecule has 0 aromatic heterocycles. The van der Waals surface area contributed by atoms with E-state index in [1.54, 1.807) is 20.8 Å². The molecule has 0 aromatic carbocycles. The van der Waals surface area contributed by atoms with E-state index in [0.717, 1.165) is 0 Å². The molecule has 0 saturated heterocycles. The largest absolute Gasteiger partial charge is 0.396 e. The molecule has 16 heavy (non-hydrogen) atoms. The molecule has 0 heterocycles. The summed E-state index contributed by atoms with van der Waals surface area (Å²) in [5.74, 6) is 0. The molecule has 0 aliphatic heterocycles. The highest BCUT2D eigenvalue weighted by Crippen LogP contribution is 2.31. The minimum absolute atomic E-state index is 0.404. The molecule has 0 atom stereocenters. The van der Waals surface area contributed by atoms with Crippen molar-refractivity contribution in [3.8, 4) is 0 Å². The SMILES string of the molecule is CC[Si](CC)(CC)OS(=O)(=O)C(F)(F)CF. The van der Waals surface area contributed by atoms with Crippen LogP contribution >= 0.6 is 0 Å². The van der Waals surface area contributed by atoms with Gasteiger partial charge in [-0.15, -0.1) is 0 Å². The van der Waals surface area contributed by atoms with Crippen LogP contribution in [0.1, 0.15) is 20.8 Å². The average molecular weight is 278 g/mol. The minimum Gasteiger partial charge on any atom is -0.310 e. The second-order valence-corrected chi connectivity index (χ2v) is 10.2. The minimum atomic E-state index is -5.15. The van der Waals surface area contributed by atoms with Gasteiger partial charge in [-0.3, -0.25) is 0 Å². The Balaban J connectivity index is 5.10. The van der Waals surface area contributed by atoms with Crippen LogP contribution < -0.4 is 0 Å². The summed E-state index contributed by atoms with van der Waals surface area (Å²) in [7, 11) is -7.86. The van der Waals surface area contributed by atoms with Crippen LogP contribution in [-0.2, 0) is 14.0 Å². The molecule has 0 saturated carbocycles. The third-order valence-electron chi connectivity index (χ3n) is 2.74. The first-order chi connectivity index (χ1) is 7.20. The highest BCUT2D eigenvalue weighted by molar-refractivity contribution is 7.88. The van der Waals surface area contributed by atoms with E-state index in [-0.39, 0.29) is 0 Å². The van der Waals surface area contributed by atoms with Crippen LogP contribution in [0.25, 0.3) is 0 Å². The van der Waals surface area contributed by atoms with Crippen LogP contribution in [0.3, 0.4) is 0 Å². The maximum atomic E-state index is 12.8. The predicted octanol–water partition coefficient (Wildman–Crippen LogP) is 2.90. The fourth-order valence-electron chi connectivity index (χ4n) is 1.29. The maximum absolute atomic E-state index is 12.8. The predicted molar refractivity (Wildman–Crippen MR) is 58.1 cm³/mol. The van der Waals surface area contributed by atoms with Gasteiger partial charge in [-0.1, -0.05) is 20.8 Å². The van der Waals surface area contributed by atoms with Crippen molar-refractivity contribution >= 4 is 18.4 Å². The van der Waals surface area contributed by atoms with Crippen molar-refractivity contribution in [3.63, 3.8) is 0 Å². The lowest BCUT2D eigenvalue weighted by Crippen LogP contribution is -2.44. The normalized spacial score (nSPS) is 14.1. The zero-order valence-corrected chi connectivity index (χ0v) is 11.4. The molecule has 8 heteroatoms. The molecule has 0 aromatic rings. The third-order valence-corrected chi connectivity index (χ3v) is 9.74. The van der Waals surface area contributed by atoms with Gasteiger partial charge in [0, 0.05) is 0 Å². The Morgan fingerprint density at radius 2 is 1.50 bits per heavy atom. The molecule has 0 aliphatic carbocycles. The topological polar surface area (TPSA) is 43.4 Å². The fraction of sp³-hybridized carbons (Fsp3) is 1.00. The van der Waals surface area contributed by atoms with E-state index in [0.29, 0.717) is 18.1 Å². The quantitative estimate of drug-likeness (QED) is 0.673. The molecule has 0 rings (SSSR count). The fourth-order valence-corrected chi connectivity index (χ4v) is 6.68. The van der Waals surface area contributed by atoms with Gasteiger partial charge in [0.15, 0.2) is 6.67 Å². The van der Waals surface area contributed by atoms with E-state index in [1.165, 1.54) is 0 Å². The van der Waals surface area contributed by atoms with Crippen LogP contribution in [-0.4, -0.2) is 28.7 Å². The first-order valence-corrected chi connectivity index (χ1v) is 9.03. The van der Waals surface area contributed by atoms with Crippen molar-refractivity contribution in [1.82, 2.24) is 0 Å². The van der Waals surface area contributed by atoms with Gasteiger partial charge >= 0.3 is 15.4 Å². The summed E-state index contributed by atoms with van der Waals surface area (Å²) in [4.78, 5) is 0. The van der Waals surface area contributed by atoms with Crippen molar-refractivity contribution in [3.05, 3.63) is 0 Å². The standard InChI is InChI=1S/C8H17F3O3SSi/c1-4-16(5-2,6-3)14-15(12,13)8(10,11)7-9/h4-7H2,1-3H3. The van der Waals surface area contributed by atoms with Gasteiger partial charge < -0.3 is 3.87 Å². The Morgan fingerprint density at radius 3 is 1.75 bits per heavy atom. The lowest BCUT2D eigenvalue weighted by molar-refractivity contribution is 0.0533. The molecular formula is C8H17F3O3SSi. The number of alkyl halides is 3. The first kappa shape index (κ1) is 15.9. The van der Waals surface area contributed by atoms with Gasteiger partial charge in [0.1, 0.15) is 0 Å². The molecule has 0 radical (unpaired) electrons. The molecule has 0 fully saturated rings. The van der Waals surface area contributed by atoms with Crippen LogP contribution in [0, 0.1) is 0 Å². The molecule has 0 amide bonds. The van der Waals surface area contributed by atoms with Crippen LogP contribution in [0.4, 0.5) is 13.2 Å². The molecule has 3 nitrogen and oxygen atoms in total. The Bertz CT molecular complexity index is 306. The monoisotopic (exact) mass is 278 g/mol. The lowest BCUT2D eigenvalue weighted by Gasteiger charge is -2.28. The maximum Gasteiger partial charge on any atom is 0.396 e. The first-order valence-electron chi connectivity index (χ1n) is 5.09. The van der Waals surface area contributed by atoms with Gasteiger partial charge in [0.05, 0.1) is 0 Å². The lowest BCUT2D eigenvalue weighted by atomic mass is 10.8. The molecule has 0 unspecified atom stereocenters. The molecule has 0 bridgehead atoms. The molecule has 0 aliphatic rings. The Morgan fingerprint density at radius 1 is 1.12 bits per heavy atom. The summed E-state index contributed by atoms with van der Waals surface area (Å²) in [6.07, 6.45) is 0. The summed E-state index contributed by atoms with van der Waals surface area (Å²) in [6.45, 7) is 2.84. The van der Waals surface area contributed by atoms with Crippen molar-refractivity contribution < 1.29 is 25.5 Å². The number of rotatable bonds is 7. The molecular weight excluding hydrogens is 261 g/mol. The van der Waals surface area contributed by atoms with E-state index >= 15 is 0 Å². The molecule has 0 spiro atoms. The van der Waals surface area contributed by atoms with E-state index in [2.05, 4.69) is 3.87 Å². The van der Waals surface area contributed by atoms with Gasteiger partial charge in [-0.2, -0.15) is 17.2 Å². The van der Waals surface area contributed by atoms with Gasteiger partial charge in [0.25, 0.3) is 0 Å². The third kappa shape index (κ3) is 3.20. The Hall–Kier alpha value is -0.0831.